The zero-order valence-electron chi connectivity index (χ0n) is 8.32. The highest BCUT2D eigenvalue weighted by Gasteiger charge is 2.43. The first kappa shape index (κ1) is 9.53. The fraction of sp³-hybridized carbons (Fsp3) is 0.900. The van der Waals surface area contributed by atoms with Gasteiger partial charge in [0.15, 0.2) is 0 Å². The number of carbonyl (C=O) groups excluding carboxylic acids is 1. The van der Waals surface area contributed by atoms with Gasteiger partial charge in [0.25, 0.3) is 0 Å². The molecule has 3 atom stereocenters. The largest absolute Gasteiger partial charge is 0.298 e. The molecule has 2 heterocycles. The highest BCUT2D eigenvalue weighted by Crippen LogP contribution is 2.38. The maximum Gasteiger partial charge on any atom is 0.147 e. The van der Waals surface area contributed by atoms with E-state index < -0.39 is 0 Å². The van der Waals surface area contributed by atoms with E-state index in [9.17, 15) is 4.79 Å². The highest BCUT2D eigenvalue weighted by atomic mass is 32.2. The first-order chi connectivity index (χ1) is 6.20. The summed E-state index contributed by atoms with van der Waals surface area (Å²) in [6.07, 6.45) is 1.24. The summed E-state index contributed by atoms with van der Waals surface area (Å²) >= 11 is 2.05. The van der Waals surface area contributed by atoms with Crippen molar-refractivity contribution >= 4 is 17.5 Å². The number of thioether (sulfide) groups is 1. The Morgan fingerprint density at radius 3 is 3.00 bits per heavy atom. The molecule has 2 saturated heterocycles. The molecule has 0 bridgehead atoms. The van der Waals surface area contributed by atoms with Gasteiger partial charge in [-0.2, -0.15) is 11.8 Å². The zero-order valence-corrected chi connectivity index (χ0v) is 9.14. The summed E-state index contributed by atoms with van der Waals surface area (Å²) in [7, 11) is 2.09. The van der Waals surface area contributed by atoms with E-state index in [1.54, 1.807) is 6.92 Å². The third kappa shape index (κ3) is 1.64. The molecule has 0 saturated carbocycles. The van der Waals surface area contributed by atoms with Crippen LogP contribution >= 0.6 is 11.8 Å². The molecule has 13 heavy (non-hydrogen) atoms. The number of likely N-dealkylation sites (tertiary alicyclic amines) is 1. The monoisotopic (exact) mass is 199 g/mol. The van der Waals surface area contributed by atoms with Crippen LogP contribution in [-0.2, 0) is 4.79 Å². The van der Waals surface area contributed by atoms with Crippen molar-refractivity contribution in [3.8, 4) is 0 Å². The van der Waals surface area contributed by atoms with Gasteiger partial charge in [0, 0.05) is 6.54 Å². The van der Waals surface area contributed by atoms with Gasteiger partial charge < -0.3 is 0 Å². The van der Waals surface area contributed by atoms with Gasteiger partial charge in [-0.05, 0) is 43.7 Å². The third-order valence-corrected chi connectivity index (χ3v) is 4.54. The lowest BCUT2D eigenvalue weighted by Gasteiger charge is -2.27. The standard InChI is InChI=1S/C10H17NOS/c1-7(12)10-9-3-4-13-6-8(9)5-11(10)2/h8-10H,3-6H2,1-2H3. The summed E-state index contributed by atoms with van der Waals surface area (Å²) in [5.74, 6) is 4.31. The molecule has 2 rings (SSSR count). The van der Waals surface area contributed by atoms with Crippen LogP contribution in [0.2, 0.25) is 0 Å². The van der Waals surface area contributed by atoms with E-state index in [-0.39, 0.29) is 6.04 Å². The summed E-state index contributed by atoms with van der Waals surface area (Å²) in [5.41, 5.74) is 0. The van der Waals surface area contributed by atoms with Crippen LogP contribution < -0.4 is 0 Å². The van der Waals surface area contributed by atoms with E-state index >= 15 is 0 Å². The van der Waals surface area contributed by atoms with Crippen LogP contribution in [0.5, 0.6) is 0 Å². The first-order valence-corrected chi connectivity index (χ1v) is 6.14. The second-order valence-corrected chi connectivity index (χ2v) is 5.43. The van der Waals surface area contributed by atoms with Gasteiger partial charge in [-0.1, -0.05) is 0 Å². The van der Waals surface area contributed by atoms with E-state index in [0.29, 0.717) is 11.7 Å². The van der Waals surface area contributed by atoms with Gasteiger partial charge in [-0.3, -0.25) is 9.69 Å². The normalized spacial score (nSPS) is 40.3. The lowest BCUT2D eigenvalue weighted by molar-refractivity contribution is -0.122. The fourth-order valence-corrected chi connectivity index (χ4v) is 4.10. The molecule has 74 valence electrons. The third-order valence-electron chi connectivity index (χ3n) is 3.35. The molecule has 0 spiro atoms. The smallest absolute Gasteiger partial charge is 0.147 e. The minimum atomic E-state index is 0.228. The van der Waals surface area contributed by atoms with Gasteiger partial charge in [-0.15, -0.1) is 0 Å². The Morgan fingerprint density at radius 2 is 2.31 bits per heavy atom. The Kier molecular flexibility index (Phi) is 2.65. The number of Topliss-reactive ketones (excluding diaryl/α,β-unsaturated/α-hetero) is 1. The average Bonchev–Trinajstić information content (AvgIpc) is 2.39. The molecule has 0 amide bonds. The van der Waals surface area contributed by atoms with Crippen LogP contribution in [0, 0.1) is 11.8 Å². The number of rotatable bonds is 1. The first-order valence-electron chi connectivity index (χ1n) is 4.98. The molecule has 0 radical (unpaired) electrons. The molecular weight excluding hydrogens is 182 g/mol. The van der Waals surface area contributed by atoms with Crippen LogP contribution in [0.15, 0.2) is 0 Å². The van der Waals surface area contributed by atoms with E-state index in [0.717, 1.165) is 12.5 Å². The van der Waals surface area contributed by atoms with Gasteiger partial charge in [0.2, 0.25) is 0 Å². The van der Waals surface area contributed by atoms with Crippen molar-refractivity contribution in [2.45, 2.75) is 19.4 Å². The van der Waals surface area contributed by atoms with E-state index in [1.165, 1.54) is 17.9 Å². The number of carbonyl (C=O) groups is 1. The number of nitrogens with zero attached hydrogens (tertiary/aromatic N) is 1. The Labute approximate surface area is 84.1 Å². The van der Waals surface area contributed by atoms with E-state index in [2.05, 4.69) is 11.9 Å². The second-order valence-electron chi connectivity index (χ2n) is 4.28. The average molecular weight is 199 g/mol. The molecule has 2 aliphatic heterocycles. The quantitative estimate of drug-likeness (QED) is 0.634. The zero-order chi connectivity index (χ0) is 9.42. The second kappa shape index (κ2) is 3.62. The Balaban J connectivity index is 2.13. The predicted molar refractivity (Wildman–Crippen MR) is 56.0 cm³/mol. The summed E-state index contributed by atoms with van der Waals surface area (Å²) in [6.45, 7) is 2.87. The van der Waals surface area contributed by atoms with Crippen molar-refractivity contribution in [2.24, 2.45) is 11.8 Å². The lowest BCUT2D eigenvalue weighted by atomic mass is 9.87. The van der Waals surface area contributed by atoms with Crippen molar-refractivity contribution in [1.82, 2.24) is 4.90 Å². The highest BCUT2D eigenvalue weighted by molar-refractivity contribution is 7.99. The van der Waals surface area contributed by atoms with Crippen molar-refractivity contribution in [2.75, 3.05) is 25.1 Å². The maximum absolute atomic E-state index is 11.5. The molecule has 3 unspecified atom stereocenters. The van der Waals surface area contributed by atoms with Gasteiger partial charge in [0.1, 0.15) is 5.78 Å². The Hall–Kier alpha value is -0.0200. The Morgan fingerprint density at radius 1 is 1.54 bits per heavy atom. The molecule has 2 nitrogen and oxygen atoms in total. The minimum Gasteiger partial charge on any atom is -0.298 e. The molecule has 0 aromatic rings. The molecular formula is C10H17NOS. The summed E-state index contributed by atoms with van der Waals surface area (Å²) in [6, 6.07) is 0.228. The van der Waals surface area contributed by atoms with Crippen molar-refractivity contribution in [1.29, 1.82) is 0 Å². The van der Waals surface area contributed by atoms with Crippen LogP contribution in [0.3, 0.4) is 0 Å². The van der Waals surface area contributed by atoms with Crippen molar-refractivity contribution in [3.63, 3.8) is 0 Å². The predicted octanol–water partition coefficient (Wildman–Crippen LogP) is 1.26. The van der Waals surface area contributed by atoms with Crippen LogP contribution in [0.4, 0.5) is 0 Å². The van der Waals surface area contributed by atoms with Gasteiger partial charge in [0.05, 0.1) is 6.04 Å². The maximum atomic E-state index is 11.5. The van der Waals surface area contributed by atoms with Gasteiger partial charge in [-0.25, -0.2) is 0 Å². The Bertz CT molecular complexity index is 219. The fourth-order valence-electron chi connectivity index (χ4n) is 2.84. The van der Waals surface area contributed by atoms with Crippen molar-refractivity contribution in [3.05, 3.63) is 0 Å². The SMILES string of the molecule is CC(=O)C1C2CCSCC2CN1C. The molecule has 0 aromatic heterocycles. The number of likely N-dealkylation sites (N-methyl/N-ethyl adjacent to an activating group) is 1. The number of hydrogen-bond acceptors (Lipinski definition) is 3. The van der Waals surface area contributed by atoms with Crippen molar-refractivity contribution < 1.29 is 4.79 Å². The molecule has 2 fully saturated rings. The molecule has 0 aromatic carbocycles. The lowest BCUT2D eigenvalue weighted by Crippen LogP contribution is -2.36. The van der Waals surface area contributed by atoms with Crippen LogP contribution in [0.25, 0.3) is 0 Å². The molecule has 2 aliphatic rings. The molecule has 0 N–H and O–H groups in total. The number of ketones is 1. The van der Waals surface area contributed by atoms with Crippen LogP contribution in [-0.4, -0.2) is 41.8 Å². The molecule has 0 aliphatic carbocycles. The summed E-state index contributed by atoms with van der Waals surface area (Å²) < 4.78 is 0. The topological polar surface area (TPSA) is 20.3 Å². The van der Waals surface area contributed by atoms with Gasteiger partial charge >= 0.3 is 0 Å². The minimum absolute atomic E-state index is 0.228. The number of hydrogen-bond donors (Lipinski definition) is 0. The summed E-state index contributed by atoms with van der Waals surface area (Å²) in [5, 5.41) is 0. The van der Waals surface area contributed by atoms with E-state index in [1.807, 2.05) is 11.8 Å². The number of fused-ring (bicyclic) bond motifs is 1. The summed E-state index contributed by atoms with van der Waals surface area (Å²) in [4.78, 5) is 13.7. The van der Waals surface area contributed by atoms with E-state index in [4.69, 9.17) is 0 Å². The van der Waals surface area contributed by atoms with Crippen LogP contribution in [0.1, 0.15) is 13.3 Å². The molecule has 3 heteroatoms.